The Morgan fingerprint density at radius 2 is 2.00 bits per heavy atom. The lowest BCUT2D eigenvalue weighted by Gasteiger charge is -2.33. The molecular weight excluding hydrogens is 240 g/mol. The average Bonchev–Trinajstić information content (AvgIpc) is 3.07. The van der Waals surface area contributed by atoms with Gasteiger partial charge >= 0.3 is 0 Å². The SMILES string of the molecule is Cc1occc1C(=O)N1CCC[C@@H]1[C@@H]1CCCN1C. The fourth-order valence-corrected chi connectivity index (χ4v) is 3.63. The number of carbonyl (C=O) groups is 1. The summed E-state index contributed by atoms with van der Waals surface area (Å²) in [6.45, 7) is 3.91. The second-order valence-electron chi connectivity index (χ2n) is 5.79. The molecule has 2 saturated heterocycles. The van der Waals surface area contributed by atoms with Crippen LogP contribution in [-0.2, 0) is 0 Å². The van der Waals surface area contributed by atoms with Crippen LogP contribution < -0.4 is 0 Å². The van der Waals surface area contributed by atoms with Crippen molar-refractivity contribution in [3.63, 3.8) is 0 Å². The van der Waals surface area contributed by atoms with E-state index in [0.29, 0.717) is 12.1 Å². The van der Waals surface area contributed by atoms with Crippen LogP contribution in [0.1, 0.15) is 41.8 Å². The zero-order valence-corrected chi connectivity index (χ0v) is 11.8. The number of furan rings is 1. The maximum Gasteiger partial charge on any atom is 0.257 e. The molecule has 1 aromatic heterocycles. The molecule has 0 aliphatic carbocycles. The van der Waals surface area contributed by atoms with Crippen molar-refractivity contribution in [3.8, 4) is 0 Å². The van der Waals surface area contributed by atoms with Gasteiger partial charge in [0.2, 0.25) is 0 Å². The van der Waals surface area contributed by atoms with Crippen molar-refractivity contribution in [1.82, 2.24) is 9.80 Å². The van der Waals surface area contributed by atoms with Gasteiger partial charge in [-0.2, -0.15) is 0 Å². The summed E-state index contributed by atoms with van der Waals surface area (Å²) < 4.78 is 5.27. The molecule has 0 spiro atoms. The molecule has 0 radical (unpaired) electrons. The number of hydrogen-bond acceptors (Lipinski definition) is 3. The maximum absolute atomic E-state index is 12.7. The third-order valence-electron chi connectivity index (χ3n) is 4.67. The second kappa shape index (κ2) is 5.00. The molecule has 104 valence electrons. The van der Waals surface area contributed by atoms with Crippen LogP contribution in [-0.4, -0.2) is 47.9 Å². The highest BCUT2D eigenvalue weighted by molar-refractivity contribution is 5.95. The van der Waals surface area contributed by atoms with Gasteiger partial charge in [0.25, 0.3) is 5.91 Å². The molecule has 19 heavy (non-hydrogen) atoms. The van der Waals surface area contributed by atoms with Crippen molar-refractivity contribution in [2.45, 2.75) is 44.7 Å². The van der Waals surface area contributed by atoms with Crippen LogP contribution in [0.4, 0.5) is 0 Å². The van der Waals surface area contributed by atoms with Gasteiger partial charge in [0.1, 0.15) is 5.76 Å². The van der Waals surface area contributed by atoms with E-state index in [1.54, 1.807) is 12.3 Å². The first-order chi connectivity index (χ1) is 9.18. The Labute approximate surface area is 114 Å². The van der Waals surface area contributed by atoms with Crippen LogP contribution in [0.3, 0.4) is 0 Å². The second-order valence-corrected chi connectivity index (χ2v) is 5.79. The third-order valence-corrected chi connectivity index (χ3v) is 4.67. The zero-order chi connectivity index (χ0) is 13.4. The number of likely N-dealkylation sites (tertiary alicyclic amines) is 2. The minimum atomic E-state index is 0.147. The Kier molecular flexibility index (Phi) is 3.35. The van der Waals surface area contributed by atoms with E-state index in [1.165, 1.54) is 12.8 Å². The van der Waals surface area contributed by atoms with Gasteiger partial charge in [-0.1, -0.05) is 0 Å². The van der Waals surface area contributed by atoms with Gasteiger partial charge < -0.3 is 14.2 Å². The lowest BCUT2D eigenvalue weighted by Crippen LogP contribution is -2.47. The van der Waals surface area contributed by atoms with Crippen LogP contribution in [0, 0.1) is 6.92 Å². The van der Waals surface area contributed by atoms with Crippen LogP contribution in [0.25, 0.3) is 0 Å². The topological polar surface area (TPSA) is 36.7 Å². The molecule has 0 saturated carbocycles. The van der Waals surface area contributed by atoms with Gasteiger partial charge in [-0.05, 0) is 52.3 Å². The lowest BCUT2D eigenvalue weighted by atomic mass is 10.0. The fraction of sp³-hybridized carbons (Fsp3) is 0.667. The van der Waals surface area contributed by atoms with E-state index in [-0.39, 0.29) is 5.91 Å². The zero-order valence-electron chi connectivity index (χ0n) is 11.8. The minimum Gasteiger partial charge on any atom is -0.469 e. The molecule has 3 heterocycles. The molecule has 0 N–H and O–H groups in total. The first-order valence-corrected chi connectivity index (χ1v) is 7.24. The van der Waals surface area contributed by atoms with E-state index >= 15 is 0 Å². The van der Waals surface area contributed by atoms with Gasteiger partial charge in [0.15, 0.2) is 0 Å². The van der Waals surface area contributed by atoms with E-state index in [1.807, 2.05) is 6.92 Å². The Hall–Kier alpha value is -1.29. The summed E-state index contributed by atoms with van der Waals surface area (Å²) in [5.74, 6) is 0.879. The largest absolute Gasteiger partial charge is 0.469 e. The predicted octanol–water partition coefficient (Wildman–Crippen LogP) is 2.29. The number of rotatable bonds is 2. The number of nitrogens with zero attached hydrogens (tertiary/aromatic N) is 2. The third kappa shape index (κ3) is 2.18. The number of hydrogen-bond donors (Lipinski definition) is 0. The molecule has 4 heteroatoms. The Bertz CT molecular complexity index is 468. The minimum absolute atomic E-state index is 0.147. The van der Waals surface area contributed by atoms with E-state index in [4.69, 9.17) is 4.42 Å². The Morgan fingerprint density at radius 1 is 1.26 bits per heavy atom. The van der Waals surface area contributed by atoms with Crippen molar-refractivity contribution < 1.29 is 9.21 Å². The summed E-state index contributed by atoms with van der Waals surface area (Å²) in [4.78, 5) is 17.1. The number of carbonyl (C=O) groups excluding carboxylic acids is 1. The summed E-state index contributed by atoms with van der Waals surface area (Å²) in [6, 6.07) is 2.72. The highest BCUT2D eigenvalue weighted by Gasteiger charge is 2.39. The molecule has 0 bridgehead atoms. The van der Waals surface area contributed by atoms with Crippen LogP contribution in [0.15, 0.2) is 16.7 Å². The molecule has 2 fully saturated rings. The van der Waals surface area contributed by atoms with Crippen molar-refractivity contribution >= 4 is 5.91 Å². The monoisotopic (exact) mass is 262 g/mol. The predicted molar refractivity (Wildman–Crippen MR) is 73.2 cm³/mol. The maximum atomic E-state index is 12.7. The molecule has 0 unspecified atom stereocenters. The molecule has 3 rings (SSSR count). The summed E-state index contributed by atoms with van der Waals surface area (Å²) in [6.07, 6.45) is 6.34. The van der Waals surface area contributed by atoms with Crippen LogP contribution >= 0.6 is 0 Å². The molecular formula is C15H22N2O2. The summed E-state index contributed by atoms with van der Waals surface area (Å²) in [7, 11) is 2.18. The van der Waals surface area contributed by atoms with Gasteiger partial charge in [-0.15, -0.1) is 0 Å². The molecule has 0 aromatic carbocycles. The van der Waals surface area contributed by atoms with Gasteiger partial charge in [0.05, 0.1) is 11.8 Å². The van der Waals surface area contributed by atoms with Gasteiger partial charge in [-0.3, -0.25) is 4.79 Å². The molecule has 1 amide bonds. The molecule has 1 aromatic rings. The summed E-state index contributed by atoms with van der Waals surface area (Å²) >= 11 is 0. The highest BCUT2D eigenvalue weighted by Crippen LogP contribution is 2.30. The molecule has 4 nitrogen and oxygen atoms in total. The van der Waals surface area contributed by atoms with Crippen LogP contribution in [0.2, 0.25) is 0 Å². The fourth-order valence-electron chi connectivity index (χ4n) is 3.63. The Morgan fingerprint density at radius 3 is 2.63 bits per heavy atom. The van der Waals surface area contributed by atoms with E-state index < -0.39 is 0 Å². The summed E-state index contributed by atoms with van der Waals surface area (Å²) in [5.41, 5.74) is 0.729. The van der Waals surface area contributed by atoms with Gasteiger partial charge in [0, 0.05) is 18.6 Å². The molecule has 2 aliphatic heterocycles. The highest BCUT2D eigenvalue weighted by atomic mass is 16.3. The quantitative estimate of drug-likeness (QED) is 0.820. The Balaban J connectivity index is 1.80. The molecule has 2 aliphatic rings. The van der Waals surface area contributed by atoms with Crippen molar-refractivity contribution in [2.75, 3.05) is 20.1 Å². The van der Waals surface area contributed by atoms with Crippen molar-refractivity contribution in [2.24, 2.45) is 0 Å². The number of amides is 1. The standard InChI is InChI=1S/C15H22N2O2/c1-11-12(7-10-19-11)15(18)17-9-4-6-14(17)13-5-3-8-16(13)2/h7,10,13-14H,3-6,8-9H2,1-2H3/t13-,14+/m0/s1. The van der Waals surface area contributed by atoms with Crippen molar-refractivity contribution in [1.29, 1.82) is 0 Å². The first kappa shape index (κ1) is 12.7. The van der Waals surface area contributed by atoms with Crippen molar-refractivity contribution in [3.05, 3.63) is 23.7 Å². The number of aryl methyl sites for hydroxylation is 1. The van der Waals surface area contributed by atoms with Crippen LogP contribution in [0.5, 0.6) is 0 Å². The number of likely N-dealkylation sites (N-methyl/N-ethyl adjacent to an activating group) is 1. The van der Waals surface area contributed by atoms with Gasteiger partial charge in [-0.25, -0.2) is 0 Å². The normalized spacial score (nSPS) is 28.2. The molecule has 2 atom stereocenters. The lowest BCUT2D eigenvalue weighted by molar-refractivity contribution is 0.0662. The average molecular weight is 262 g/mol. The summed E-state index contributed by atoms with van der Waals surface area (Å²) in [5, 5.41) is 0. The smallest absolute Gasteiger partial charge is 0.257 e. The van der Waals surface area contributed by atoms with E-state index in [2.05, 4.69) is 16.8 Å². The van der Waals surface area contributed by atoms with E-state index in [0.717, 1.165) is 37.3 Å². The van der Waals surface area contributed by atoms with E-state index in [9.17, 15) is 4.79 Å². The first-order valence-electron chi connectivity index (χ1n) is 7.24.